The van der Waals surface area contributed by atoms with E-state index >= 15 is 0 Å². The van der Waals surface area contributed by atoms with Crippen molar-refractivity contribution in [3.8, 4) is 0 Å². The van der Waals surface area contributed by atoms with Crippen molar-refractivity contribution in [2.24, 2.45) is 0 Å². The van der Waals surface area contributed by atoms with Crippen LogP contribution in [0.25, 0.3) is 0 Å². The van der Waals surface area contributed by atoms with Gasteiger partial charge in [-0.05, 0) is 42.5 Å². The maximum absolute atomic E-state index is 13.5. The Labute approximate surface area is 129 Å². The number of nitrogens with one attached hydrogen (secondary N) is 2. The van der Waals surface area contributed by atoms with Crippen LogP contribution in [0.5, 0.6) is 0 Å². The average molecular weight is 292 g/mol. The molecule has 110 valence electrons. The molecule has 0 atom stereocenters. The molecule has 0 saturated carbocycles. The SMILES string of the molecule is Fc1ccccc1CNc1ccc(Nc2ccccc2)cc1. The normalized spacial score (nSPS) is 10.2. The number of hydrogen-bond donors (Lipinski definition) is 2. The van der Waals surface area contributed by atoms with Crippen molar-refractivity contribution in [3.05, 3.63) is 90.2 Å². The average Bonchev–Trinajstić information content (AvgIpc) is 2.56. The van der Waals surface area contributed by atoms with Crippen LogP contribution in [-0.4, -0.2) is 0 Å². The molecule has 0 aliphatic rings. The summed E-state index contributed by atoms with van der Waals surface area (Å²) in [5.41, 5.74) is 3.69. The third kappa shape index (κ3) is 3.64. The Morgan fingerprint density at radius 2 is 1.23 bits per heavy atom. The van der Waals surface area contributed by atoms with E-state index in [1.54, 1.807) is 12.1 Å². The topological polar surface area (TPSA) is 24.1 Å². The minimum Gasteiger partial charge on any atom is -0.381 e. The number of rotatable bonds is 5. The van der Waals surface area contributed by atoms with E-state index in [1.165, 1.54) is 6.07 Å². The van der Waals surface area contributed by atoms with Gasteiger partial charge in [-0.25, -0.2) is 4.39 Å². The van der Waals surface area contributed by atoms with Crippen LogP contribution in [0.2, 0.25) is 0 Å². The molecule has 3 heteroatoms. The molecule has 0 heterocycles. The van der Waals surface area contributed by atoms with Gasteiger partial charge in [0.05, 0.1) is 0 Å². The summed E-state index contributed by atoms with van der Waals surface area (Å²) in [6.45, 7) is 0.470. The lowest BCUT2D eigenvalue weighted by molar-refractivity contribution is 0.613. The lowest BCUT2D eigenvalue weighted by Gasteiger charge is -2.10. The Kier molecular flexibility index (Phi) is 4.35. The van der Waals surface area contributed by atoms with Gasteiger partial charge in [0, 0.05) is 29.2 Å². The van der Waals surface area contributed by atoms with Crippen molar-refractivity contribution in [2.75, 3.05) is 10.6 Å². The van der Waals surface area contributed by atoms with Gasteiger partial charge in [-0.1, -0.05) is 36.4 Å². The van der Waals surface area contributed by atoms with Crippen molar-refractivity contribution < 1.29 is 4.39 Å². The molecule has 0 unspecified atom stereocenters. The Balaban J connectivity index is 1.61. The summed E-state index contributed by atoms with van der Waals surface area (Å²) in [5, 5.41) is 6.55. The number of benzene rings is 3. The molecule has 0 aromatic heterocycles. The minimum atomic E-state index is -0.183. The summed E-state index contributed by atoms with van der Waals surface area (Å²) >= 11 is 0. The molecule has 3 rings (SSSR count). The van der Waals surface area contributed by atoms with Gasteiger partial charge < -0.3 is 10.6 Å². The molecule has 3 aromatic rings. The summed E-state index contributed by atoms with van der Waals surface area (Å²) in [7, 11) is 0. The minimum absolute atomic E-state index is 0.183. The van der Waals surface area contributed by atoms with Crippen LogP contribution in [-0.2, 0) is 6.54 Å². The fourth-order valence-corrected chi connectivity index (χ4v) is 2.20. The summed E-state index contributed by atoms with van der Waals surface area (Å²) in [6.07, 6.45) is 0. The van der Waals surface area contributed by atoms with Gasteiger partial charge in [-0.3, -0.25) is 0 Å². The molecular weight excluding hydrogens is 275 g/mol. The third-order valence-corrected chi connectivity index (χ3v) is 3.39. The molecule has 2 N–H and O–H groups in total. The van der Waals surface area contributed by atoms with E-state index < -0.39 is 0 Å². The van der Waals surface area contributed by atoms with Crippen LogP contribution < -0.4 is 10.6 Å². The highest BCUT2D eigenvalue weighted by atomic mass is 19.1. The first kappa shape index (κ1) is 14.1. The summed E-state index contributed by atoms with van der Waals surface area (Å²) in [5.74, 6) is -0.183. The Morgan fingerprint density at radius 3 is 1.95 bits per heavy atom. The van der Waals surface area contributed by atoms with Gasteiger partial charge in [-0.2, -0.15) is 0 Å². The lowest BCUT2D eigenvalue weighted by atomic mass is 10.2. The predicted octanol–water partition coefficient (Wildman–Crippen LogP) is 5.18. The van der Waals surface area contributed by atoms with Crippen LogP contribution in [0.15, 0.2) is 78.9 Å². The van der Waals surface area contributed by atoms with Crippen LogP contribution >= 0.6 is 0 Å². The Hall–Kier alpha value is -2.81. The zero-order chi connectivity index (χ0) is 15.2. The van der Waals surface area contributed by atoms with E-state index in [0.717, 1.165) is 17.1 Å². The molecule has 0 aliphatic carbocycles. The van der Waals surface area contributed by atoms with E-state index in [-0.39, 0.29) is 5.82 Å². The predicted molar refractivity (Wildman–Crippen MR) is 89.9 cm³/mol. The van der Waals surface area contributed by atoms with Gasteiger partial charge in [-0.15, -0.1) is 0 Å². The van der Waals surface area contributed by atoms with Crippen molar-refractivity contribution in [2.45, 2.75) is 6.54 Å². The summed E-state index contributed by atoms with van der Waals surface area (Å²) < 4.78 is 13.5. The number of hydrogen-bond acceptors (Lipinski definition) is 2. The lowest BCUT2D eigenvalue weighted by Crippen LogP contribution is -2.01. The Morgan fingerprint density at radius 1 is 0.636 bits per heavy atom. The van der Waals surface area contributed by atoms with E-state index in [9.17, 15) is 4.39 Å². The Bertz CT molecular complexity index is 724. The standard InChI is InChI=1S/C19H17FN2/c20-19-9-5-4-6-15(19)14-21-16-10-12-18(13-11-16)22-17-7-2-1-3-8-17/h1-13,21-22H,14H2. The third-order valence-electron chi connectivity index (χ3n) is 3.39. The molecule has 0 amide bonds. The largest absolute Gasteiger partial charge is 0.381 e. The molecule has 2 nitrogen and oxygen atoms in total. The molecule has 0 fully saturated rings. The summed E-state index contributed by atoms with van der Waals surface area (Å²) in [4.78, 5) is 0. The van der Waals surface area contributed by atoms with Crippen LogP contribution in [0.1, 0.15) is 5.56 Å². The first-order chi connectivity index (χ1) is 10.8. The van der Waals surface area contributed by atoms with Gasteiger partial charge >= 0.3 is 0 Å². The second-order valence-electron chi connectivity index (χ2n) is 5.01. The van der Waals surface area contributed by atoms with E-state index in [0.29, 0.717) is 12.1 Å². The van der Waals surface area contributed by atoms with Gasteiger partial charge in [0.15, 0.2) is 0 Å². The molecule has 0 bridgehead atoms. The molecule has 0 radical (unpaired) electrons. The molecule has 0 saturated heterocycles. The summed E-state index contributed by atoms with van der Waals surface area (Å²) in [6, 6.07) is 24.8. The number of halogens is 1. The van der Waals surface area contributed by atoms with Crippen LogP contribution in [0.4, 0.5) is 21.5 Å². The van der Waals surface area contributed by atoms with Crippen molar-refractivity contribution >= 4 is 17.1 Å². The van der Waals surface area contributed by atoms with Crippen molar-refractivity contribution in [1.82, 2.24) is 0 Å². The highest BCUT2D eigenvalue weighted by molar-refractivity contribution is 5.62. The zero-order valence-corrected chi connectivity index (χ0v) is 12.1. The second-order valence-corrected chi connectivity index (χ2v) is 5.01. The van der Waals surface area contributed by atoms with E-state index in [4.69, 9.17) is 0 Å². The molecule has 3 aromatic carbocycles. The van der Waals surface area contributed by atoms with Gasteiger partial charge in [0.1, 0.15) is 5.82 Å². The van der Waals surface area contributed by atoms with Crippen LogP contribution in [0, 0.1) is 5.82 Å². The maximum atomic E-state index is 13.5. The zero-order valence-electron chi connectivity index (χ0n) is 12.1. The molecule has 0 aliphatic heterocycles. The second kappa shape index (κ2) is 6.76. The first-order valence-corrected chi connectivity index (χ1v) is 7.21. The fraction of sp³-hybridized carbons (Fsp3) is 0.0526. The van der Waals surface area contributed by atoms with Crippen molar-refractivity contribution in [1.29, 1.82) is 0 Å². The molecule has 22 heavy (non-hydrogen) atoms. The molecular formula is C19H17FN2. The molecule has 0 spiro atoms. The number of para-hydroxylation sites is 1. The highest BCUT2D eigenvalue weighted by Gasteiger charge is 2.00. The van der Waals surface area contributed by atoms with Gasteiger partial charge in [0.2, 0.25) is 0 Å². The van der Waals surface area contributed by atoms with E-state index in [2.05, 4.69) is 10.6 Å². The van der Waals surface area contributed by atoms with Crippen LogP contribution in [0.3, 0.4) is 0 Å². The van der Waals surface area contributed by atoms with Crippen molar-refractivity contribution in [3.63, 3.8) is 0 Å². The van der Waals surface area contributed by atoms with Gasteiger partial charge in [0.25, 0.3) is 0 Å². The first-order valence-electron chi connectivity index (χ1n) is 7.21. The fourth-order valence-electron chi connectivity index (χ4n) is 2.20. The smallest absolute Gasteiger partial charge is 0.128 e. The highest BCUT2D eigenvalue weighted by Crippen LogP contribution is 2.19. The quantitative estimate of drug-likeness (QED) is 0.677. The monoisotopic (exact) mass is 292 g/mol. The number of anilines is 3. The van der Waals surface area contributed by atoms with E-state index in [1.807, 2.05) is 60.7 Å². The maximum Gasteiger partial charge on any atom is 0.128 e.